The molecule has 0 aliphatic carbocycles. The van der Waals surface area contributed by atoms with E-state index >= 15 is 0 Å². The lowest BCUT2D eigenvalue weighted by atomic mass is 10.0. The summed E-state index contributed by atoms with van der Waals surface area (Å²) in [6.07, 6.45) is 6.66. The number of carbonyl (C=O) groups excluding carboxylic acids is 2. The molecule has 0 aromatic rings. The number of nitrogens with two attached hydrogens (primary N) is 1. The Labute approximate surface area is 89.0 Å². The van der Waals surface area contributed by atoms with Crippen LogP contribution in [0.2, 0.25) is 0 Å². The molecule has 15 heavy (non-hydrogen) atoms. The molecular formula is C10H15N3O2. The normalized spacial score (nSPS) is 16.7. The van der Waals surface area contributed by atoms with E-state index in [-0.39, 0.29) is 12.6 Å². The number of terminal acetylenes is 1. The van der Waals surface area contributed by atoms with Gasteiger partial charge in [0.1, 0.15) is 6.54 Å². The molecule has 2 amide bonds. The molecule has 0 radical (unpaired) electrons. The van der Waals surface area contributed by atoms with Crippen molar-refractivity contribution >= 4 is 11.8 Å². The highest BCUT2D eigenvalue weighted by Crippen LogP contribution is 2.11. The van der Waals surface area contributed by atoms with Gasteiger partial charge in [0, 0.05) is 6.04 Å². The lowest BCUT2D eigenvalue weighted by molar-refractivity contribution is -0.133. The fraction of sp³-hybridized carbons (Fsp3) is 0.600. The van der Waals surface area contributed by atoms with Gasteiger partial charge < -0.3 is 16.0 Å². The smallest absolute Gasteiger partial charge is 0.298 e. The number of amides is 2. The largest absolute Gasteiger partial charge is 0.368 e. The SMILES string of the molecule is C#CC(=O)N(CC(N)=O)C1CCNCC1. The minimum Gasteiger partial charge on any atom is -0.368 e. The average molecular weight is 209 g/mol. The molecule has 1 aliphatic rings. The first-order valence-electron chi connectivity index (χ1n) is 4.91. The van der Waals surface area contributed by atoms with Crippen molar-refractivity contribution in [3.63, 3.8) is 0 Å². The molecular weight excluding hydrogens is 194 g/mol. The summed E-state index contributed by atoms with van der Waals surface area (Å²) in [4.78, 5) is 23.6. The Morgan fingerprint density at radius 3 is 2.53 bits per heavy atom. The summed E-state index contributed by atoms with van der Waals surface area (Å²) >= 11 is 0. The van der Waals surface area contributed by atoms with E-state index in [1.807, 2.05) is 5.92 Å². The second kappa shape index (κ2) is 5.37. The number of carbonyl (C=O) groups is 2. The zero-order chi connectivity index (χ0) is 11.3. The van der Waals surface area contributed by atoms with Crippen LogP contribution in [0.3, 0.4) is 0 Å². The summed E-state index contributed by atoms with van der Waals surface area (Å²) in [7, 11) is 0. The Morgan fingerprint density at radius 1 is 1.47 bits per heavy atom. The molecule has 0 aromatic carbocycles. The Kier molecular flexibility index (Phi) is 4.13. The predicted octanol–water partition coefficient (Wildman–Crippen LogP) is -1.31. The lowest BCUT2D eigenvalue weighted by Crippen LogP contribution is -2.48. The molecule has 1 aliphatic heterocycles. The molecule has 0 unspecified atom stereocenters. The summed E-state index contributed by atoms with van der Waals surface area (Å²) in [6, 6.07) is 0.0299. The highest BCUT2D eigenvalue weighted by atomic mass is 16.2. The van der Waals surface area contributed by atoms with Crippen LogP contribution in [-0.2, 0) is 9.59 Å². The Morgan fingerprint density at radius 2 is 2.07 bits per heavy atom. The van der Waals surface area contributed by atoms with Crippen LogP contribution in [-0.4, -0.2) is 42.4 Å². The Hall–Kier alpha value is -1.54. The van der Waals surface area contributed by atoms with Crippen molar-refractivity contribution in [3.05, 3.63) is 0 Å². The maximum absolute atomic E-state index is 11.4. The van der Waals surface area contributed by atoms with Crippen LogP contribution >= 0.6 is 0 Å². The second-order valence-electron chi connectivity index (χ2n) is 3.52. The topological polar surface area (TPSA) is 75.4 Å². The minimum absolute atomic E-state index is 0.0299. The number of rotatable bonds is 3. The molecule has 0 bridgehead atoms. The molecule has 82 valence electrons. The number of piperidine rings is 1. The van der Waals surface area contributed by atoms with Gasteiger partial charge in [-0.3, -0.25) is 9.59 Å². The van der Waals surface area contributed by atoms with Gasteiger partial charge in [0.25, 0.3) is 5.91 Å². The zero-order valence-electron chi connectivity index (χ0n) is 8.53. The maximum Gasteiger partial charge on any atom is 0.298 e. The number of primary amides is 1. The summed E-state index contributed by atoms with van der Waals surface area (Å²) in [5.74, 6) is 1.04. The minimum atomic E-state index is -0.530. The standard InChI is InChI=1S/C10H15N3O2/c1-2-10(15)13(7-9(11)14)8-3-5-12-6-4-8/h1,8,12H,3-7H2,(H2,11,14). The molecule has 1 heterocycles. The molecule has 0 atom stereocenters. The molecule has 5 heteroatoms. The highest BCUT2D eigenvalue weighted by Gasteiger charge is 2.25. The van der Waals surface area contributed by atoms with Gasteiger partial charge >= 0.3 is 0 Å². The number of nitrogens with one attached hydrogen (secondary N) is 1. The predicted molar refractivity (Wildman–Crippen MR) is 55.6 cm³/mol. The summed E-state index contributed by atoms with van der Waals surface area (Å²) < 4.78 is 0. The second-order valence-corrected chi connectivity index (χ2v) is 3.52. The molecule has 5 nitrogen and oxygen atoms in total. The third-order valence-corrected chi connectivity index (χ3v) is 2.46. The van der Waals surface area contributed by atoms with E-state index in [4.69, 9.17) is 12.2 Å². The fourth-order valence-corrected chi connectivity index (χ4v) is 1.74. The van der Waals surface area contributed by atoms with E-state index in [1.54, 1.807) is 0 Å². The van der Waals surface area contributed by atoms with Gasteiger partial charge in [0.15, 0.2) is 0 Å². The molecule has 1 rings (SSSR count). The quantitative estimate of drug-likeness (QED) is 0.566. The van der Waals surface area contributed by atoms with Crippen LogP contribution in [0.25, 0.3) is 0 Å². The molecule has 1 saturated heterocycles. The average Bonchev–Trinajstić information content (AvgIpc) is 2.26. The van der Waals surface area contributed by atoms with E-state index in [1.165, 1.54) is 4.90 Å². The van der Waals surface area contributed by atoms with Crippen molar-refractivity contribution in [1.82, 2.24) is 10.2 Å². The van der Waals surface area contributed by atoms with Crippen LogP contribution in [0, 0.1) is 12.3 Å². The number of nitrogens with zero attached hydrogens (tertiary/aromatic N) is 1. The number of hydrogen-bond donors (Lipinski definition) is 2. The van der Waals surface area contributed by atoms with Gasteiger partial charge in [0.05, 0.1) is 0 Å². The first-order chi connectivity index (χ1) is 7.15. The monoisotopic (exact) mass is 209 g/mol. The van der Waals surface area contributed by atoms with Gasteiger partial charge in [-0.25, -0.2) is 0 Å². The molecule has 1 fully saturated rings. The van der Waals surface area contributed by atoms with E-state index in [0.717, 1.165) is 25.9 Å². The molecule has 0 saturated carbocycles. The van der Waals surface area contributed by atoms with Gasteiger partial charge in [-0.15, -0.1) is 6.42 Å². The Balaban J connectivity index is 2.66. The summed E-state index contributed by atoms with van der Waals surface area (Å²) in [6.45, 7) is 1.57. The van der Waals surface area contributed by atoms with E-state index in [2.05, 4.69) is 5.32 Å². The van der Waals surface area contributed by atoms with Gasteiger partial charge in [-0.05, 0) is 31.9 Å². The van der Waals surface area contributed by atoms with Crippen molar-refractivity contribution in [2.75, 3.05) is 19.6 Å². The maximum atomic E-state index is 11.4. The zero-order valence-corrected chi connectivity index (χ0v) is 8.53. The summed E-state index contributed by atoms with van der Waals surface area (Å²) in [5.41, 5.74) is 5.08. The van der Waals surface area contributed by atoms with Crippen molar-refractivity contribution in [3.8, 4) is 12.3 Å². The highest BCUT2D eigenvalue weighted by molar-refractivity contribution is 5.95. The van der Waals surface area contributed by atoms with Crippen LogP contribution < -0.4 is 11.1 Å². The summed E-state index contributed by atoms with van der Waals surface area (Å²) in [5, 5.41) is 3.17. The van der Waals surface area contributed by atoms with Crippen LogP contribution in [0.15, 0.2) is 0 Å². The molecule has 3 N–H and O–H groups in total. The first-order valence-corrected chi connectivity index (χ1v) is 4.91. The third kappa shape index (κ3) is 3.26. The van der Waals surface area contributed by atoms with Crippen LogP contribution in [0.4, 0.5) is 0 Å². The number of hydrogen-bond acceptors (Lipinski definition) is 3. The van der Waals surface area contributed by atoms with Gasteiger partial charge in [0.2, 0.25) is 5.91 Å². The van der Waals surface area contributed by atoms with Crippen LogP contribution in [0.1, 0.15) is 12.8 Å². The van der Waals surface area contributed by atoms with Crippen molar-refractivity contribution in [2.45, 2.75) is 18.9 Å². The molecule has 0 spiro atoms. The van der Waals surface area contributed by atoms with Crippen molar-refractivity contribution in [1.29, 1.82) is 0 Å². The lowest BCUT2D eigenvalue weighted by Gasteiger charge is -2.32. The van der Waals surface area contributed by atoms with Crippen LogP contribution in [0.5, 0.6) is 0 Å². The van der Waals surface area contributed by atoms with Gasteiger partial charge in [-0.2, -0.15) is 0 Å². The third-order valence-electron chi connectivity index (χ3n) is 2.46. The van der Waals surface area contributed by atoms with E-state index < -0.39 is 11.8 Å². The fourth-order valence-electron chi connectivity index (χ4n) is 1.74. The Bertz CT molecular complexity index is 290. The van der Waals surface area contributed by atoms with Gasteiger partial charge in [-0.1, -0.05) is 0 Å². The first kappa shape index (κ1) is 11.5. The van der Waals surface area contributed by atoms with E-state index in [0.29, 0.717) is 0 Å². The van der Waals surface area contributed by atoms with Crippen molar-refractivity contribution in [2.24, 2.45) is 5.73 Å². The van der Waals surface area contributed by atoms with Crippen molar-refractivity contribution < 1.29 is 9.59 Å². The molecule has 0 aromatic heterocycles. The van der Waals surface area contributed by atoms with E-state index in [9.17, 15) is 9.59 Å².